The number of allylic oxidation sites excluding steroid dienone is 5. The summed E-state index contributed by atoms with van der Waals surface area (Å²) < 4.78 is 6.40. The van der Waals surface area contributed by atoms with Crippen LogP contribution < -0.4 is 0 Å². The molecule has 0 saturated carbocycles. The third-order valence-corrected chi connectivity index (χ3v) is 9.13. The highest BCUT2D eigenvalue weighted by molar-refractivity contribution is 6.12. The van der Waals surface area contributed by atoms with Gasteiger partial charge in [0.1, 0.15) is 11.2 Å². The second-order valence-corrected chi connectivity index (χ2v) is 12.5. The van der Waals surface area contributed by atoms with Crippen molar-refractivity contribution >= 4 is 43.5 Å². The quantitative estimate of drug-likeness (QED) is 0.160. The van der Waals surface area contributed by atoms with Crippen molar-refractivity contribution in [2.75, 3.05) is 0 Å². The number of furan rings is 1. The molecule has 8 rings (SSSR count). The van der Waals surface area contributed by atoms with E-state index in [1.807, 2.05) is 36.4 Å². The lowest BCUT2D eigenvalue weighted by Gasteiger charge is -2.13. The van der Waals surface area contributed by atoms with Gasteiger partial charge in [0, 0.05) is 27.5 Å². The number of rotatable bonds is 7. The molecule has 0 aliphatic heterocycles. The van der Waals surface area contributed by atoms with Crippen LogP contribution in [-0.4, -0.2) is 15.0 Å². The first-order valence-corrected chi connectivity index (χ1v) is 17.1. The van der Waals surface area contributed by atoms with Gasteiger partial charge in [0.25, 0.3) is 0 Å². The number of hydrogen-bond donors (Lipinski definition) is 0. The van der Waals surface area contributed by atoms with E-state index in [-0.39, 0.29) is 0 Å². The third kappa shape index (κ3) is 6.43. The van der Waals surface area contributed by atoms with E-state index in [1.165, 1.54) is 0 Å². The molecule has 0 aliphatic rings. The van der Waals surface area contributed by atoms with Gasteiger partial charge in [-0.05, 0) is 70.3 Å². The molecule has 0 bridgehead atoms. The summed E-state index contributed by atoms with van der Waals surface area (Å²) in [6, 6.07) is 48.1. The van der Waals surface area contributed by atoms with Crippen LogP contribution >= 0.6 is 0 Å². The van der Waals surface area contributed by atoms with Crippen LogP contribution in [0, 0.1) is 6.92 Å². The van der Waals surface area contributed by atoms with Gasteiger partial charge < -0.3 is 4.42 Å². The summed E-state index contributed by atoms with van der Waals surface area (Å²) in [6.45, 7) is 5.91. The fourth-order valence-electron chi connectivity index (χ4n) is 6.58. The van der Waals surface area contributed by atoms with Crippen LogP contribution in [0.3, 0.4) is 0 Å². The highest BCUT2D eigenvalue weighted by Crippen LogP contribution is 2.39. The van der Waals surface area contributed by atoms with Crippen molar-refractivity contribution in [1.29, 1.82) is 0 Å². The summed E-state index contributed by atoms with van der Waals surface area (Å²) in [5.41, 5.74) is 6.53. The summed E-state index contributed by atoms with van der Waals surface area (Å²) in [6.07, 6.45) is 10.5. The van der Waals surface area contributed by atoms with E-state index in [0.717, 1.165) is 71.3 Å². The molecule has 244 valence electrons. The molecule has 0 N–H and O–H groups in total. The zero-order valence-electron chi connectivity index (χ0n) is 28.3. The molecule has 0 unspecified atom stereocenters. The van der Waals surface area contributed by atoms with Gasteiger partial charge >= 0.3 is 0 Å². The average molecular weight is 658 g/mol. The smallest absolute Gasteiger partial charge is 0.165 e. The number of hydrogen-bond acceptors (Lipinski definition) is 4. The summed E-state index contributed by atoms with van der Waals surface area (Å²) in [5, 5.41) is 6.50. The van der Waals surface area contributed by atoms with Crippen LogP contribution in [0.1, 0.15) is 11.1 Å². The zero-order valence-corrected chi connectivity index (χ0v) is 28.3. The van der Waals surface area contributed by atoms with Gasteiger partial charge in [-0.2, -0.15) is 0 Å². The summed E-state index contributed by atoms with van der Waals surface area (Å²) in [4.78, 5) is 15.9. The average Bonchev–Trinajstić information content (AvgIpc) is 3.55. The monoisotopic (exact) mass is 657 g/mol. The normalized spacial score (nSPS) is 11.6. The lowest BCUT2D eigenvalue weighted by Crippen LogP contribution is -2.03. The van der Waals surface area contributed by atoms with Crippen molar-refractivity contribution < 1.29 is 4.42 Å². The van der Waals surface area contributed by atoms with Crippen molar-refractivity contribution in [3.8, 4) is 34.2 Å². The predicted molar refractivity (Wildman–Crippen MR) is 213 cm³/mol. The molecule has 8 aromatic rings. The van der Waals surface area contributed by atoms with Gasteiger partial charge in [0.05, 0.1) is 0 Å². The Kier molecular flexibility index (Phi) is 8.72. The van der Waals surface area contributed by atoms with Crippen LogP contribution in [0.2, 0.25) is 0 Å². The third-order valence-electron chi connectivity index (χ3n) is 9.13. The molecule has 4 heteroatoms. The SMILES string of the molecule is C=C/C=C\C=C/Cc1ccc2oc3ccccc3c2c1-c1nc(-c2ccc3ccccc3c2)nc(-c2cc3ccccc3cccccc2C)n1. The Bertz CT molecular complexity index is 2720. The summed E-state index contributed by atoms with van der Waals surface area (Å²) >= 11 is 0. The molecular weight excluding hydrogens is 623 g/mol. The maximum absolute atomic E-state index is 6.40. The molecule has 0 aliphatic carbocycles. The highest BCUT2D eigenvalue weighted by Gasteiger charge is 2.21. The van der Waals surface area contributed by atoms with E-state index in [0.29, 0.717) is 23.9 Å². The van der Waals surface area contributed by atoms with Crippen molar-refractivity contribution in [3.05, 3.63) is 188 Å². The lowest BCUT2D eigenvalue weighted by molar-refractivity contribution is 0.669. The van der Waals surface area contributed by atoms with E-state index in [1.54, 1.807) is 6.08 Å². The first-order chi connectivity index (χ1) is 25.2. The van der Waals surface area contributed by atoms with E-state index >= 15 is 0 Å². The molecule has 51 heavy (non-hydrogen) atoms. The standard InChI is InChI=1S/C47H35N3O/c1-3-4-5-6-9-21-35-28-29-42-44(39-24-15-16-25-41(39)51-42)43(35)47-49-45(38-27-26-34-20-12-13-22-36(34)30-38)48-46(50-47)40-31-37-23-14-11-19-33(37)18-10-7-8-17-32(40)2/h3-20,22-31H,1,21H2,2H3/b5-4-,8-7?,9-6-,10-7?,17-8?,18-10?,32-17?,33-18?,37-31?,40-31?,40-32?. The molecular formula is C47H35N3O. The van der Waals surface area contributed by atoms with Crippen molar-refractivity contribution in [3.63, 3.8) is 0 Å². The Balaban J connectivity index is 1.46. The fourth-order valence-corrected chi connectivity index (χ4v) is 6.58. The maximum atomic E-state index is 6.40. The Labute approximate surface area is 297 Å². The van der Waals surface area contributed by atoms with Crippen LogP contribution in [0.15, 0.2) is 181 Å². The molecule has 0 fully saturated rings. The fraction of sp³-hybridized carbons (Fsp3) is 0.0426. The number of benzene rings is 5. The second kappa shape index (κ2) is 14.1. The summed E-state index contributed by atoms with van der Waals surface area (Å²) in [7, 11) is 0. The van der Waals surface area contributed by atoms with E-state index in [2.05, 4.69) is 141 Å². The highest BCUT2D eigenvalue weighted by atomic mass is 16.3. The molecule has 2 aromatic heterocycles. The Morgan fingerprint density at radius 3 is 2.06 bits per heavy atom. The number of fused-ring (bicyclic) bond motifs is 5. The van der Waals surface area contributed by atoms with Crippen molar-refractivity contribution in [2.24, 2.45) is 0 Å². The Morgan fingerprint density at radius 2 is 1.24 bits per heavy atom. The van der Waals surface area contributed by atoms with Gasteiger partial charge in [-0.3, -0.25) is 0 Å². The molecule has 0 amide bonds. The number of aromatic nitrogens is 3. The molecule has 0 spiro atoms. The van der Waals surface area contributed by atoms with Gasteiger partial charge in [-0.25, -0.2) is 15.0 Å². The van der Waals surface area contributed by atoms with E-state index in [9.17, 15) is 0 Å². The van der Waals surface area contributed by atoms with Crippen LogP contribution in [0.4, 0.5) is 0 Å². The first kappa shape index (κ1) is 31.6. The van der Waals surface area contributed by atoms with Gasteiger partial charge in [0.15, 0.2) is 17.5 Å². The van der Waals surface area contributed by atoms with Crippen LogP contribution in [0.25, 0.3) is 77.6 Å². The van der Waals surface area contributed by atoms with Gasteiger partial charge in [-0.1, -0.05) is 152 Å². The second-order valence-electron chi connectivity index (χ2n) is 12.5. The lowest BCUT2D eigenvalue weighted by atomic mass is 9.97. The topological polar surface area (TPSA) is 51.8 Å². The minimum absolute atomic E-state index is 0.597. The minimum Gasteiger partial charge on any atom is -0.456 e. The Hall–Kier alpha value is -6.65. The molecule has 0 radical (unpaired) electrons. The zero-order chi connectivity index (χ0) is 34.6. The van der Waals surface area contributed by atoms with Crippen LogP contribution in [0.5, 0.6) is 0 Å². The Morgan fingerprint density at radius 1 is 0.569 bits per heavy atom. The molecule has 6 aromatic carbocycles. The maximum Gasteiger partial charge on any atom is 0.165 e. The van der Waals surface area contributed by atoms with E-state index in [4.69, 9.17) is 19.4 Å². The predicted octanol–water partition coefficient (Wildman–Crippen LogP) is 12.4. The largest absolute Gasteiger partial charge is 0.456 e. The van der Waals surface area contributed by atoms with Crippen LogP contribution in [-0.2, 0) is 6.42 Å². The molecule has 4 nitrogen and oxygen atoms in total. The van der Waals surface area contributed by atoms with Crippen molar-refractivity contribution in [2.45, 2.75) is 13.3 Å². The number of para-hydroxylation sites is 1. The first-order valence-electron chi connectivity index (χ1n) is 17.1. The molecule has 0 atom stereocenters. The van der Waals surface area contributed by atoms with E-state index < -0.39 is 0 Å². The summed E-state index contributed by atoms with van der Waals surface area (Å²) in [5.74, 6) is 1.81. The molecule has 0 saturated heterocycles. The van der Waals surface area contributed by atoms with Crippen molar-refractivity contribution in [1.82, 2.24) is 15.0 Å². The number of nitrogens with zero attached hydrogens (tertiary/aromatic N) is 3. The van der Waals surface area contributed by atoms with Gasteiger partial charge in [-0.15, -0.1) is 0 Å². The number of aryl methyl sites for hydroxylation is 1. The van der Waals surface area contributed by atoms with Gasteiger partial charge in [0.2, 0.25) is 0 Å². The molecule has 2 heterocycles. The minimum atomic E-state index is 0.597.